The van der Waals surface area contributed by atoms with Gasteiger partial charge in [-0.2, -0.15) is 0 Å². The van der Waals surface area contributed by atoms with Crippen LogP contribution in [0.2, 0.25) is 10.0 Å². The molecule has 0 radical (unpaired) electrons. The summed E-state index contributed by atoms with van der Waals surface area (Å²) in [5, 5.41) is 3.19. The Morgan fingerprint density at radius 1 is 0.900 bits per heavy atom. The number of carbonyl (C=O) groups is 3. The van der Waals surface area contributed by atoms with Crippen LogP contribution in [0.5, 0.6) is 0 Å². The van der Waals surface area contributed by atoms with E-state index >= 15 is 0 Å². The van der Waals surface area contributed by atoms with Gasteiger partial charge in [-0.15, -0.1) is 0 Å². The summed E-state index contributed by atoms with van der Waals surface area (Å²) in [7, 11) is 0. The number of hydrogen-bond donors (Lipinski definition) is 3. The van der Waals surface area contributed by atoms with Crippen LogP contribution in [0.3, 0.4) is 0 Å². The molecule has 0 unspecified atom stereocenters. The maximum atomic E-state index is 12.7. The number of carbonyl (C=O) groups excluding carboxylic acids is 3. The SMILES string of the molecule is O=C(NNC(=O)[C@@H](Cc1ccccc1)NC(=O)c1ccc(Cl)cc1Cl)c1ccco1. The summed E-state index contributed by atoms with van der Waals surface area (Å²) in [4.78, 5) is 37.4. The van der Waals surface area contributed by atoms with Crippen LogP contribution in [-0.4, -0.2) is 23.8 Å². The second-order valence-electron chi connectivity index (χ2n) is 6.26. The summed E-state index contributed by atoms with van der Waals surface area (Å²) in [6, 6.07) is 15.6. The fourth-order valence-electron chi connectivity index (χ4n) is 2.64. The molecule has 3 rings (SSSR count). The Balaban J connectivity index is 1.73. The lowest BCUT2D eigenvalue weighted by Crippen LogP contribution is -2.53. The molecule has 0 spiro atoms. The molecule has 0 aliphatic rings. The molecule has 1 heterocycles. The first-order valence-electron chi connectivity index (χ1n) is 8.87. The van der Waals surface area contributed by atoms with E-state index in [1.54, 1.807) is 6.07 Å². The standard InChI is InChI=1S/C21H17Cl2N3O4/c22-14-8-9-15(16(23)12-14)19(27)24-17(11-13-5-2-1-3-6-13)20(28)25-26-21(29)18-7-4-10-30-18/h1-10,12,17H,11H2,(H,24,27)(H,25,28)(H,26,29)/t17-/m1/s1. The Morgan fingerprint density at radius 2 is 1.67 bits per heavy atom. The zero-order valence-electron chi connectivity index (χ0n) is 15.5. The Kier molecular flexibility index (Phi) is 7.11. The van der Waals surface area contributed by atoms with Crippen LogP contribution < -0.4 is 16.2 Å². The van der Waals surface area contributed by atoms with Gasteiger partial charge in [0.15, 0.2) is 5.76 Å². The van der Waals surface area contributed by atoms with E-state index in [1.165, 1.54) is 30.5 Å². The number of hydrazine groups is 1. The van der Waals surface area contributed by atoms with Crippen molar-refractivity contribution in [1.82, 2.24) is 16.2 Å². The first-order valence-corrected chi connectivity index (χ1v) is 9.63. The number of benzene rings is 2. The third kappa shape index (κ3) is 5.62. The van der Waals surface area contributed by atoms with Crippen molar-refractivity contribution in [2.75, 3.05) is 0 Å². The fourth-order valence-corrected chi connectivity index (χ4v) is 3.14. The van der Waals surface area contributed by atoms with Gasteiger partial charge < -0.3 is 9.73 Å². The minimum atomic E-state index is -0.983. The first-order chi connectivity index (χ1) is 14.4. The van der Waals surface area contributed by atoms with E-state index in [-0.39, 0.29) is 22.8 Å². The minimum Gasteiger partial charge on any atom is -0.459 e. The molecule has 154 valence electrons. The van der Waals surface area contributed by atoms with Crippen LogP contribution in [-0.2, 0) is 11.2 Å². The highest BCUT2D eigenvalue weighted by Gasteiger charge is 2.24. The predicted molar refractivity (Wildman–Crippen MR) is 112 cm³/mol. The maximum Gasteiger partial charge on any atom is 0.305 e. The van der Waals surface area contributed by atoms with Gasteiger partial charge in [0, 0.05) is 11.4 Å². The van der Waals surface area contributed by atoms with Gasteiger partial charge in [-0.25, -0.2) is 0 Å². The molecule has 0 saturated heterocycles. The lowest BCUT2D eigenvalue weighted by atomic mass is 10.0. The molecule has 1 aromatic heterocycles. The Labute approximate surface area is 182 Å². The lowest BCUT2D eigenvalue weighted by Gasteiger charge is -2.19. The summed E-state index contributed by atoms with van der Waals surface area (Å²) in [6.45, 7) is 0. The molecule has 0 bridgehead atoms. The van der Waals surface area contributed by atoms with Crippen molar-refractivity contribution in [2.24, 2.45) is 0 Å². The average molecular weight is 446 g/mol. The molecule has 0 aliphatic carbocycles. The van der Waals surface area contributed by atoms with Gasteiger partial charge in [-0.05, 0) is 35.9 Å². The number of hydrogen-bond acceptors (Lipinski definition) is 4. The molecule has 30 heavy (non-hydrogen) atoms. The van der Waals surface area contributed by atoms with Crippen molar-refractivity contribution in [2.45, 2.75) is 12.5 Å². The number of furan rings is 1. The van der Waals surface area contributed by atoms with Crippen LogP contribution in [0.4, 0.5) is 0 Å². The normalized spacial score (nSPS) is 11.4. The summed E-state index contributed by atoms with van der Waals surface area (Å²) < 4.78 is 4.97. The van der Waals surface area contributed by atoms with Crippen LogP contribution >= 0.6 is 23.2 Å². The maximum absolute atomic E-state index is 12.7. The molecular formula is C21H17Cl2N3O4. The molecule has 3 aromatic rings. The highest BCUT2D eigenvalue weighted by molar-refractivity contribution is 6.36. The van der Waals surface area contributed by atoms with Gasteiger partial charge in [-0.3, -0.25) is 25.2 Å². The van der Waals surface area contributed by atoms with Crippen molar-refractivity contribution < 1.29 is 18.8 Å². The smallest absolute Gasteiger partial charge is 0.305 e. The Bertz CT molecular complexity index is 1040. The van der Waals surface area contributed by atoms with Crippen molar-refractivity contribution in [3.63, 3.8) is 0 Å². The summed E-state index contributed by atoms with van der Waals surface area (Å²) in [5.41, 5.74) is 5.55. The molecular weight excluding hydrogens is 429 g/mol. The fraction of sp³-hybridized carbons (Fsp3) is 0.0952. The molecule has 9 heteroatoms. The monoisotopic (exact) mass is 445 g/mol. The molecule has 1 atom stereocenters. The summed E-state index contributed by atoms with van der Waals surface area (Å²) in [6.07, 6.45) is 1.53. The van der Waals surface area contributed by atoms with E-state index in [2.05, 4.69) is 16.2 Å². The zero-order chi connectivity index (χ0) is 21.5. The third-order valence-electron chi connectivity index (χ3n) is 4.12. The van der Waals surface area contributed by atoms with Crippen LogP contribution in [0.25, 0.3) is 0 Å². The van der Waals surface area contributed by atoms with E-state index in [0.717, 1.165) is 5.56 Å². The van der Waals surface area contributed by atoms with Crippen molar-refractivity contribution >= 4 is 40.9 Å². The van der Waals surface area contributed by atoms with Crippen LogP contribution in [0.15, 0.2) is 71.3 Å². The molecule has 0 saturated carbocycles. The second kappa shape index (κ2) is 9.96. The highest BCUT2D eigenvalue weighted by atomic mass is 35.5. The number of halogens is 2. The lowest BCUT2D eigenvalue weighted by molar-refractivity contribution is -0.123. The van der Waals surface area contributed by atoms with Gasteiger partial charge in [-0.1, -0.05) is 53.5 Å². The predicted octanol–water partition coefficient (Wildman–Crippen LogP) is 3.39. The van der Waals surface area contributed by atoms with Crippen molar-refractivity contribution in [1.29, 1.82) is 0 Å². The molecule has 2 aromatic carbocycles. The quantitative estimate of drug-likeness (QED) is 0.506. The summed E-state index contributed by atoms with van der Waals surface area (Å²) in [5.74, 6) is -1.76. The Hall–Kier alpha value is -3.29. The number of amides is 3. The summed E-state index contributed by atoms with van der Waals surface area (Å²) >= 11 is 12.0. The molecule has 7 nitrogen and oxygen atoms in total. The van der Waals surface area contributed by atoms with Crippen LogP contribution in [0.1, 0.15) is 26.5 Å². The average Bonchev–Trinajstić information content (AvgIpc) is 3.27. The van der Waals surface area contributed by atoms with E-state index in [1.807, 2.05) is 30.3 Å². The highest BCUT2D eigenvalue weighted by Crippen LogP contribution is 2.21. The molecule has 3 N–H and O–H groups in total. The van der Waals surface area contributed by atoms with E-state index in [0.29, 0.717) is 5.02 Å². The van der Waals surface area contributed by atoms with Crippen molar-refractivity contribution in [3.8, 4) is 0 Å². The van der Waals surface area contributed by atoms with Gasteiger partial charge in [0.05, 0.1) is 16.8 Å². The van der Waals surface area contributed by atoms with Gasteiger partial charge in [0.1, 0.15) is 6.04 Å². The van der Waals surface area contributed by atoms with Crippen LogP contribution in [0, 0.1) is 0 Å². The first kappa shape index (κ1) is 21.4. The molecule has 3 amide bonds. The van der Waals surface area contributed by atoms with E-state index in [4.69, 9.17) is 27.6 Å². The van der Waals surface area contributed by atoms with E-state index < -0.39 is 23.8 Å². The molecule has 0 aliphatic heterocycles. The van der Waals surface area contributed by atoms with Gasteiger partial charge in [0.25, 0.3) is 11.8 Å². The number of nitrogens with one attached hydrogen (secondary N) is 3. The Morgan fingerprint density at radius 3 is 2.33 bits per heavy atom. The zero-order valence-corrected chi connectivity index (χ0v) is 17.0. The van der Waals surface area contributed by atoms with E-state index in [9.17, 15) is 14.4 Å². The number of rotatable bonds is 6. The largest absolute Gasteiger partial charge is 0.459 e. The molecule has 0 fully saturated rings. The van der Waals surface area contributed by atoms with Gasteiger partial charge >= 0.3 is 5.91 Å². The minimum absolute atomic E-state index is 0.0342. The third-order valence-corrected chi connectivity index (χ3v) is 4.67. The van der Waals surface area contributed by atoms with Gasteiger partial charge in [0.2, 0.25) is 0 Å². The topological polar surface area (TPSA) is 100 Å². The van der Waals surface area contributed by atoms with Crippen molar-refractivity contribution in [3.05, 3.63) is 93.9 Å². The second-order valence-corrected chi connectivity index (χ2v) is 7.10.